The molecule has 2 aliphatic rings. The minimum Gasteiger partial charge on any atom is -0.448 e. The molecule has 0 unspecified atom stereocenters. The third-order valence-electron chi connectivity index (χ3n) is 5.35. The maximum absolute atomic E-state index is 12.4. The molecule has 1 fully saturated rings. The van der Waals surface area contributed by atoms with Crippen molar-refractivity contribution in [3.8, 4) is 11.5 Å². The number of nitrogens with zero attached hydrogens (tertiary/aromatic N) is 1. The highest BCUT2D eigenvalue weighted by atomic mass is 16.7. The SMILES string of the molecule is Cc1ccc(NC(=O)CN(C)CC(=O)Nc2ccc3c(c2)OC2(CCCC2)O3)cc1. The molecule has 1 aliphatic heterocycles. The number of likely N-dealkylation sites (N-methyl/N-ethyl adjacent to an activating group) is 1. The quantitative estimate of drug-likeness (QED) is 0.763. The molecule has 4 rings (SSSR count). The van der Waals surface area contributed by atoms with Gasteiger partial charge < -0.3 is 20.1 Å². The van der Waals surface area contributed by atoms with Crippen LogP contribution in [0.2, 0.25) is 0 Å². The number of anilines is 2. The molecule has 7 nitrogen and oxygen atoms in total. The Morgan fingerprint density at radius 1 is 0.900 bits per heavy atom. The van der Waals surface area contributed by atoms with Gasteiger partial charge in [-0.15, -0.1) is 0 Å². The molecule has 158 valence electrons. The van der Waals surface area contributed by atoms with Crippen LogP contribution in [0.15, 0.2) is 42.5 Å². The number of hydrogen-bond acceptors (Lipinski definition) is 5. The highest BCUT2D eigenvalue weighted by Gasteiger charge is 2.44. The van der Waals surface area contributed by atoms with Crippen LogP contribution in [-0.4, -0.2) is 42.6 Å². The summed E-state index contributed by atoms with van der Waals surface area (Å²) in [6.45, 7) is 2.20. The molecular weight excluding hydrogens is 382 g/mol. The molecule has 0 atom stereocenters. The molecular formula is C23H27N3O4. The van der Waals surface area contributed by atoms with Gasteiger partial charge in [-0.3, -0.25) is 14.5 Å². The van der Waals surface area contributed by atoms with Crippen LogP contribution < -0.4 is 20.1 Å². The van der Waals surface area contributed by atoms with Crippen molar-refractivity contribution < 1.29 is 19.1 Å². The van der Waals surface area contributed by atoms with Crippen LogP contribution in [0.4, 0.5) is 11.4 Å². The topological polar surface area (TPSA) is 79.9 Å². The van der Waals surface area contributed by atoms with Gasteiger partial charge in [-0.1, -0.05) is 17.7 Å². The first-order valence-electron chi connectivity index (χ1n) is 10.3. The van der Waals surface area contributed by atoms with Gasteiger partial charge in [-0.2, -0.15) is 0 Å². The van der Waals surface area contributed by atoms with Crippen LogP contribution in [0.1, 0.15) is 31.2 Å². The first-order chi connectivity index (χ1) is 14.4. The van der Waals surface area contributed by atoms with Gasteiger partial charge in [0.1, 0.15) is 0 Å². The predicted molar refractivity (Wildman–Crippen MR) is 115 cm³/mol. The number of amides is 2. The van der Waals surface area contributed by atoms with E-state index in [4.69, 9.17) is 9.47 Å². The lowest BCUT2D eigenvalue weighted by atomic mass is 10.2. The number of nitrogens with one attached hydrogen (secondary N) is 2. The molecule has 1 heterocycles. The Balaban J connectivity index is 1.26. The Morgan fingerprint density at radius 3 is 2.13 bits per heavy atom. The van der Waals surface area contributed by atoms with E-state index in [9.17, 15) is 9.59 Å². The fraction of sp³-hybridized carbons (Fsp3) is 0.391. The lowest BCUT2D eigenvalue weighted by Crippen LogP contribution is -2.36. The van der Waals surface area contributed by atoms with Gasteiger partial charge in [0.05, 0.1) is 13.1 Å². The number of carbonyl (C=O) groups is 2. The number of aryl methyl sites for hydroxylation is 1. The fourth-order valence-corrected chi connectivity index (χ4v) is 3.87. The third kappa shape index (κ3) is 4.74. The lowest BCUT2D eigenvalue weighted by Gasteiger charge is -2.21. The van der Waals surface area contributed by atoms with E-state index in [0.29, 0.717) is 11.4 Å². The summed E-state index contributed by atoms with van der Waals surface area (Å²) in [5.41, 5.74) is 2.52. The molecule has 7 heteroatoms. The zero-order valence-electron chi connectivity index (χ0n) is 17.4. The summed E-state index contributed by atoms with van der Waals surface area (Å²) in [7, 11) is 1.73. The summed E-state index contributed by atoms with van der Waals surface area (Å²) in [6.07, 6.45) is 3.97. The van der Waals surface area contributed by atoms with Crippen LogP contribution in [-0.2, 0) is 9.59 Å². The first kappa shape index (κ1) is 20.2. The number of rotatable bonds is 6. The summed E-state index contributed by atoms with van der Waals surface area (Å²) >= 11 is 0. The molecule has 30 heavy (non-hydrogen) atoms. The Hall–Kier alpha value is -3.06. The number of carbonyl (C=O) groups excluding carboxylic acids is 2. The van der Waals surface area contributed by atoms with Crippen LogP contribution in [0.3, 0.4) is 0 Å². The van der Waals surface area contributed by atoms with Crippen molar-refractivity contribution >= 4 is 23.2 Å². The standard InChI is InChI=1S/C23H27N3O4/c1-16-5-7-17(8-6-16)24-21(27)14-26(2)15-22(28)25-18-9-10-19-20(13-18)30-23(29-19)11-3-4-12-23/h5-10,13H,3-4,11-12,14-15H2,1-2H3,(H,24,27)(H,25,28). The van der Waals surface area contributed by atoms with E-state index in [0.717, 1.165) is 42.7 Å². The second-order valence-electron chi connectivity index (χ2n) is 8.12. The lowest BCUT2D eigenvalue weighted by molar-refractivity contribution is -0.119. The van der Waals surface area contributed by atoms with Crippen LogP contribution >= 0.6 is 0 Å². The second-order valence-corrected chi connectivity index (χ2v) is 8.12. The van der Waals surface area contributed by atoms with Crippen molar-refractivity contribution in [3.05, 3.63) is 48.0 Å². The fourth-order valence-electron chi connectivity index (χ4n) is 3.87. The van der Waals surface area contributed by atoms with Crippen molar-refractivity contribution in [2.75, 3.05) is 30.8 Å². The van der Waals surface area contributed by atoms with Crippen molar-refractivity contribution in [2.24, 2.45) is 0 Å². The first-order valence-corrected chi connectivity index (χ1v) is 10.3. The molecule has 2 amide bonds. The molecule has 0 bridgehead atoms. The number of benzene rings is 2. The zero-order chi connectivity index (χ0) is 21.1. The highest BCUT2D eigenvalue weighted by Crippen LogP contribution is 2.47. The summed E-state index contributed by atoms with van der Waals surface area (Å²) in [6, 6.07) is 13.0. The maximum atomic E-state index is 12.4. The minimum absolute atomic E-state index is 0.0969. The monoisotopic (exact) mass is 409 g/mol. The molecule has 2 aromatic rings. The molecule has 1 saturated carbocycles. The molecule has 2 aromatic carbocycles. The smallest absolute Gasteiger partial charge is 0.251 e. The van der Waals surface area contributed by atoms with Gasteiger partial charge >= 0.3 is 0 Å². The molecule has 0 aromatic heterocycles. The van der Waals surface area contributed by atoms with Crippen LogP contribution in [0, 0.1) is 6.92 Å². The molecule has 1 aliphatic carbocycles. The Labute approximate surface area is 176 Å². The van der Waals surface area contributed by atoms with Crippen LogP contribution in [0.25, 0.3) is 0 Å². The zero-order valence-corrected chi connectivity index (χ0v) is 17.4. The van der Waals surface area contributed by atoms with E-state index in [2.05, 4.69) is 10.6 Å². The van der Waals surface area contributed by atoms with E-state index < -0.39 is 5.79 Å². The largest absolute Gasteiger partial charge is 0.448 e. The van der Waals surface area contributed by atoms with Gasteiger partial charge in [-0.25, -0.2) is 0 Å². The molecule has 0 radical (unpaired) electrons. The number of hydrogen-bond donors (Lipinski definition) is 2. The predicted octanol–water partition coefficient (Wildman–Crippen LogP) is 3.55. The minimum atomic E-state index is -0.518. The van der Waals surface area contributed by atoms with E-state index >= 15 is 0 Å². The van der Waals surface area contributed by atoms with Gasteiger partial charge in [-0.05, 0) is 51.1 Å². The summed E-state index contributed by atoms with van der Waals surface area (Å²) < 4.78 is 12.0. The average molecular weight is 409 g/mol. The Kier molecular flexibility index (Phi) is 5.63. The van der Waals surface area contributed by atoms with E-state index in [1.807, 2.05) is 37.3 Å². The van der Waals surface area contributed by atoms with Crippen molar-refractivity contribution in [2.45, 2.75) is 38.4 Å². The van der Waals surface area contributed by atoms with Crippen molar-refractivity contribution in [1.29, 1.82) is 0 Å². The number of ether oxygens (including phenoxy) is 2. The highest BCUT2D eigenvalue weighted by molar-refractivity contribution is 5.94. The second kappa shape index (κ2) is 8.36. The van der Waals surface area contributed by atoms with E-state index in [1.165, 1.54) is 0 Å². The van der Waals surface area contributed by atoms with Gasteiger partial charge in [0.2, 0.25) is 11.8 Å². The van der Waals surface area contributed by atoms with Gasteiger partial charge in [0.15, 0.2) is 11.5 Å². The molecule has 0 saturated heterocycles. The van der Waals surface area contributed by atoms with Crippen molar-refractivity contribution in [1.82, 2.24) is 4.90 Å². The Bertz CT molecular complexity index is 936. The Morgan fingerprint density at radius 2 is 1.47 bits per heavy atom. The van der Waals surface area contributed by atoms with Gasteiger partial charge in [0.25, 0.3) is 5.79 Å². The van der Waals surface area contributed by atoms with E-state index in [-0.39, 0.29) is 24.9 Å². The normalized spacial score (nSPS) is 16.1. The molecule has 1 spiro atoms. The van der Waals surface area contributed by atoms with E-state index in [1.54, 1.807) is 24.1 Å². The van der Waals surface area contributed by atoms with Crippen LogP contribution in [0.5, 0.6) is 11.5 Å². The summed E-state index contributed by atoms with van der Waals surface area (Å²) in [5.74, 6) is 0.505. The summed E-state index contributed by atoms with van der Waals surface area (Å²) in [4.78, 5) is 26.2. The molecule has 2 N–H and O–H groups in total. The third-order valence-corrected chi connectivity index (χ3v) is 5.35. The average Bonchev–Trinajstić information content (AvgIpc) is 3.28. The maximum Gasteiger partial charge on any atom is 0.251 e. The van der Waals surface area contributed by atoms with Gasteiger partial charge in [0, 0.05) is 30.3 Å². The summed E-state index contributed by atoms with van der Waals surface area (Å²) in [5, 5.41) is 5.70. The number of fused-ring (bicyclic) bond motifs is 1. The van der Waals surface area contributed by atoms with Crippen molar-refractivity contribution in [3.63, 3.8) is 0 Å².